The van der Waals surface area contributed by atoms with Crippen molar-refractivity contribution in [2.75, 3.05) is 0 Å². The second kappa shape index (κ2) is 5.88. The van der Waals surface area contributed by atoms with Crippen molar-refractivity contribution in [3.05, 3.63) is 51.3 Å². The zero-order chi connectivity index (χ0) is 14.0. The summed E-state index contributed by atoms with van der Waals surface area (Å²) in [6, 6.07) is 7.99. The van der Waals surface area contributed by atoms with E-state index in [4.69, 9.17) is 0 Å². The van der Waals surface area contributed by atoms with Crippen LogP contribution in [0.4, 0.5) is 0 Å². The number of hydrogen-bond donors (Lipinski definition) is 1. The smallest absolute Gasteiger partial charge is 0.0848 e. The second-order valence-electron chi connectivity index (χ2n) is 4.78. The van der Waals surface area contributed by atoms with Gasteiger partial charge in [-0.3, -0.25) is 4.68 Å². The third kappa shape index (κ3) is 3.07. The van der Waals surface area contributed by atoms with Gasteiger partial charge in [0, 0.05) is 23.6 Å². The SMILES string of the molecule is CCc1cc(CC(O)c2cccc(Br)c2C)n(C)n1. The molecule has 0 saturated heterocycles. The molecule has 19 heavy (non-hydrogen) atoms. The molecule has 0 fully saturated rings. The van der Waals surface area contributed by atoms with E-state index in [1.165, 1.54) is 0 Å². The largest absolute Gasteiger partial charge is 0.388 e. The van der Waals surface area contributed by atoms with Crippen molar-refractivity contribution >= 4 is 15.9 Å². The Balaban J connectivity index is 2.22. The topological polar surface area (TPSA) is 38.0 Å². The molecule has 2 aromatic rings. The monoisotopic (exact) mass is 322 g/mol. The summed E-state index contributed by atoms with van der Waals surface area (Å²) in [7, 11) is 1.93. The van der Waals surface area contributed by atoms with Gasteiger partial charge >= 0.3 is 0 Å². The highest BCUT2D eigenvalue weighted by molar-refractivity contribution is 9.10. The number of aliphatic hydroxyl groups excluding tert-OH is 1. The first kappa shape index (κ1) is 14.3. The number of aliphatic hydroxyl groups is 1. The Morgan fingerprint density at radius 1 is 1.42 bits per heavy atom. The van der Waals surface area contributed by atoms with E-state index < -0.39 is 6.10 Å². The maximum absolute atomic E-state index is 10.4. The summed E-state index contributed by atoms with van der Waals surface area (Å²) in [5.41, 5.74) is 4.18. The molecule has 102 valence electrons. The number of benzene rings is 1. The lowest BCUT2D eigenvalue weighted by molar-refractivity contribution is 0.175. The van der Waals surface area contributed by atoms with Crippen LogP contribution >= 0.6 is 15.9 Å². The average molecular weight is 323 g/mol. The van der Waals surface area contributed by atoms with Crippen molar-refractivity contribution in [2.45, 2.75) is 32.8 Å². The molecule has 1 aromatic carbocycles. The first-order valence-corrected chi connectivity index (χ1v) is 7.27. The number of aryl methyl sites for hydroxylation is 2. The second-order valence-corrected chi connectivity index (χ2v) is 5.63. The molecule has 0 radical (unpaired) electrons. The Kier molecular flexibility index (Phi) is 4.42. The molecule has 0 bridgehead atoms. The van der Waals surface area contributed by atoms with Crippen LogP contribution in [0.5, 0.6) is 0 Å². The van der Waals surface area contributed by atoms with Crippen molar-refractivity contribution in [1.29, 1.82) is 0 Å². The molecule has 0 aliphatic heterocycles. The molecule has 2 rings (SSSR count). The molecule has 0 spiro atoms. The highest BCUT2D eigenvalue weighted by atomic mass is 79.9. The normalized spacial score (nSPS) is 12.7. The number of rotatable bonds is 4. The zero-order valence-electron chi connectivity index (χ0n) is 11.5. The summed E-state index contributed by atoms with van der Waals surface area (Å²) < 4.78 is 2.89. The summed E-state index contributed by atoms with van der Waals surface area (Å²) >= 11 is 3.50. The minimum Gasteiger partial charge on any atom is -0.388 e. The van der Waals surface area contributed by atoms with E-state index in [9.17, 15) is 5.11 Å². The van der Waals surface area contributed by atoms with E-state index in [0.29, 0.717) is 6.42 Å². The van der Waals surface area contributed by atoms with Gasteiger partial charge in [-0.1, -0.05) is 35.0 Å². The molecule has 1 atom stereocenters. The summed E-state index contributed by atoms with van der Waals surface area (Å²) in [5, 5.41) is 14.8. The van der Waals surface area contributed by atoms with Crippen LogP contribution in [0.15, 0.2) is 28.7 Å². The third-order valence-corrected chi connectivity index (χ3v) is 4.32. The number of halogens is 1. The van der Waals surface area contributed by atoms with Crippen LogP contribution in [0.2, 0.25) is 0 Å². The van der Waals surface area contributed by atoms with Gasteiger partial charge in [0.25, 0.3) is 0 Å². The van der Waals surface area contributed by atoms with Gasteiger partial charge in [-0.25, -0.2) is 0 Å². The number of hydrogen-bond acceptors (Lipinski definition) is 2. The summed E-state index contributed by atoms with van der Waals surface area (Å²) in [4.78, 5) is 0. The first-order valence-electron chi connectivity index (χ1n) is 6.47. The van der Waals surface area contributed by atoms with E-state index in [0.717, 1.165) is 33.4 Å². The molecule has 0 amide bonds. The van der Waals surface area contributed by atoms with Crippen LogP contribution in [-0.2, 0) is 19.9 Å². The van der Waals surface area contributed by atoms with Gasteiger partial charge in [-0.15, -0.1) is 0 Å². The van der Waals surface area contributed by atoms with Crippen LogP contribution in [0, 0.1) is 6.92 Å². The van der Waals surface area contributed by atoms with E-state index >= 15 is 0 Å². The van der Waals surface area contributed by atoms with Crippen LogP contribution in [0.1, 0.15) is 35.5 Å². The Hall–Kier alpha value is -1.13. The molecular weight excluding hydrogens is 304 g/mol. The Morgan fingerprint density at radius 3 is 2.79 bits per heavy atom. The van der Waals surface area contributed by atoms with E-state index in [2.05, 4.69) is 34.0 Å². The van der Waals surface area contributed by atoms with Crippen molar-refractivity contribution in [3.8, 4) is 0 Å². The van der Waals surface area contributed by atoms with Crippen molar-refractivity contribution in [2.24, 2.45) is 7.05 Å². The molecule has 4 heteroatoms. The molecular formula is C15H19BrN2O. The molecule has 0 saturated carbocycles. The number of aromatic nitrogens is 2. The van der Waals surface area contributed by atoms with Crippen LogP contribution < -0.4 is 0 Å². The highest BCUT2D eigenvalue weighted by Gasteiger charge is 2.15. The minimum absolute atomic E-state index is 0.502. The average Bonchev–Trinajstić information content (AvgIpc) is 2.73. The Labute approximate surface area is 122 Å². The fourth-order valence-corrected chi connectivity index (χ4v) is 2.61. The quantitative estimate of drug-likeness (QED) is 0.937. The molecule has 1 heterocycles. The van der Waals surface area contributed by atoms with Gasteiger partial charge in [0.1, 0.15) is 0 Å². The first-order chi connectivity index (χ1) is 9.02. The maximum Gasteiger partial charge on any atom is 0.0848 e. The highest BCUT2D eigenvalue weighted by Crippen LogP contribution is 2.26. The van der Waals surface area contributed by atoms with E-state index in [1.807, 2.05) is 36.9 Å². The fourth-order valence-electron chi connectivity index (χ4n) is 2.23. The standard InChI is InChI=1S/C15H19BrN2O/c1-4-11-8-12(18(3)17-11)9-15(19)13-6-5-7-14(16)10(13)2/h5-8,15,19H,4,9H2,1-3H3. The van der Waals surface area contributed by atoms with Gasteiger partial charge < -0.3 is 5.11 Å². The predicted octanol–water partition coefficient (Wildman–Crippen LogP) is 3.33. The van der Waals surface area contributed by atoms with Crippen molar-refractivity contribution in [3.63, 3.8) is 0 Å². The lowest BCUT2D eigenvalue weighted by Gasteiger charge is -2.14. The van der Waals surface area contributed by atoms with Gasteiger partial charge in [-0.2, -0.15) is 5.10 Å². The van der Waals surface area contributed by atoms with Gasteiger partial charge in [0.05, 0.1) is 11.8 Å². The lowest BCUT2D eigenvalue weighted by atomic mass is 10.00. The van der Waals surface area contributed by atoms with Gasteiger partial charge in [0.15, 0.2) is 0 Å². The minimum atomic E-state index is -0.502. The van der Waals surface area contributed by atoms with Crippen molar-refractivity contribution < 1.29 is 5.11 Å². The van der Waals surface area contributed by atoms with Crippen LogP contribution in [0.25, 0.3) is 0 Å². The maximum atomic E-state index is 10.4. The predicted molar refractivity (Wildman–Crippen MR) is 80.1 cm³/mol. The van der Waals surface area contributed by atoms with Gasteiger partial charge in [0.2, 0.25) is 0 Å². The molecule has 1 N–H and O–H groups in total. The molecule has 1 unspecified atom stereocenters. The summed E-state index contributed by atoms with van der Waals surface area (Å²) in [6.45, 7) is 4.10. The van der Waals surface area contributed by atoms with Crippen LogP contribution in [-0.4, -0.2) is 14.9 Å². The van der Waals surface area contributed by atoms with Crippen LogP contribution in [0.3, 0.4) is 0 Å². The van der Waals surface area contributed by atoms with E-state index in [-0.39, 0.29) is 0 Å². The third-order valence-electron chi connectivity index (χ3n) is 3.46. The molecule has 3 nitrogen and oxygen atoms in total. The molecule has 0 aliphatic rings. The summed E-state index contributed by atoms with van der Waals surface area (Å²) in [5.74, 6) is 0. The van der Waals surface area contributed by atoms with Gasteiger partial charge in [-0.05, 0) is 36.6 Å². The van der Waals surface area contributed by atoms with Crippen molar-refractivity contribution in [1.82, 2.24) is 9.78 Å². The summed E-state index contributed by atoms with van der Waals surface area (Å²) in [6.07, 6.45) is 0.998. The Morgan fingerprint density at radius 2 is 2.16 bits per heavy atom. The molecule has 0 aliphatic carbocycles. The number of nitrogens with zero attached hydrogens (tertiary/aromatic N) is 2. The lowest BCUT2D eigenvalue weighted by Crippen LogP contribution is -2.08. The molecule has 1 aromatic heterocycles. The fraction of sp³-hybridized carbons (Fsp3) is 0.400. The zero-order valence-corrected chi connectivity index (χ0v) is 13.1. The Bertz CT molecular complexity index is 578. The van der Waals surface area contributed by atoms with E-state index in [1.54, 1.807) is 0 Å².